The van der Waals surface area contributed by atoms with Gasteiger partial charge in [-0.3, -0.25) is 4.79 Å². The average Bonchev–Trinajstić information content (AvgIpc) is 3.20. The van der Waals surface area contributed by atoms with Crippen LogP contribution in [0.3, 0.4) is 0 Å². The van der Waals surface area contributed by atoms with Crippen LogP contribution < -0.4 is 5.73 Å². The van der Waals surface area contributed by atoms with E-state index in [1.54, 1.807) is 18.0 Å². The van der Waals surface area contributed by atoms with Crippen LogP contribution in [0.5, 0.6) is 0 Å². The highest BCUT2D eigenvalue weighted by Gasteiger charge is 2.36. The van der Waals surface area contributed by atoms with Crippen LogP contribution >= 0.6 is 27.3 Å². The van der Waals surface area contributed by atoms with Crippen molar-refractivity contribution in [3.63, 3.8) is 0 Å². The van der Waals surface area contributed by atoms with E-state index in [1.165, 1.54) is 11.3 Å². The summed E-state index contributed by atoms with van der Waals surface area (Å²) in [7, 11) is 1.72. The van der Waals surface area contributed by atoms with Crippen LogP contribution in [0.15, 0.2) is 20.4 Å². The van der Waals surface area contributed by atoms with E-state index < -0.39 is 5.54 Å². The van der Waals surface area contributed by atoms with Gasteiger partial charge >= 0.3 is 0 Å². The molecule has 0 atom stereocenters. The van der Waals surface area contributed by atoms with Gasteiger partial charge in [0.2, 0.25) is 5.89 Å². The first-order valence-electron chi connectivity index (χ1n) is 7.11. The highest BCUT2D eigenvalue weighted by molar-refractivity contribution is 9.11. The Hall–Kier alpha value is -1.25. The maximum atomic E-state index is 12.3. The van der Waals surface area contributed by atoms with Gasteiger partial charge < -0.3 is 15.2 Å². The van der Waals surface area contributed by atoms with Gasteiger partial charge in [-0.2, -0.15) is 4.98 Å². The van der Waals surface area contributed by atoms with E-state index in [2.05, 4.69) is 26.1 Å². The van der Waals surface area contributed by atoms with Crippen molar-refractivity contribution in [2.45, 2.75) is 37.8 Å². The van der Waals surface area contributed by atoms with Gasteiger partial charge in [0.1, 0.15) is 6.54 Å². The Balaban J connectivity index is 1.68. The molecule has 1 fully saturated rings. The highest BCUT2D eigenvalue weighted by atomic mass is 79.9. The van der Waals surface area contributed by atoms with Gasteiger partial charge in [0.05, 0.1) is 14.2 Å². The van der Waals surface area contributed by atoms with Crippen LogP contribution in [0.25, 0.3) is 0 Å². The Bertz CT molecular complexity index is 678. The minimum Gasteiger partial charge on any atom is -0.337 e. The van der Waals surface area contributed by atoms with Crippen LogP contribution in [-0.2, 0) is 12.1 Å². The summed E-state index contributed by atoms with van der Waals surface area (Å²) in [6.45, 7) is 0.275. The van der Waals surface area contributed by atoms with Crippen molar-refractivity contribution in [2.24, 2.45) is 5.73 Å². The van der Waals surface area contributed by atoms with E-state index in [9.17, 15) is 4.79 Å². The molecule has 2 N–H and O–H groups in total. The molecule has 6 nitrogen and oxygen atoms in total. The minimum absolute atomic E-state index is 0.0706. The van der Waals surface area contributed by atoms with Crippen molar-refractivity contribution in [2.75, 3.05) is 7.05 Å². The number of thiophene rings is 1. The smallest absolute Gasteiger partial charge is 0.264 e. The molecule has 3 rings (SSSR count). The van der Waals surface area contributed by atoms with Crippen LogP contribution in [0.4, 0.5) is 0 Å². The molecular formula is C14H17BrN4O2S. The Morgan fingerprint density at radius 1 is 1.50 bits per heavy atom. The molecular weight excluding hydrogens is 368 g/mol. The van der Waals surface area contributed by atoms with E-state index in [0.717, 1.165) is 29.5 Å². The fraction of sp³-hybridized carbons (Fsp3) is 0.500. The molecule has 2 aromatic heterocycles. The predicted octanol–water partition coefficient (Wildman–Crippen LogP) is 2.89. The minimum atomic E-state index is -0.469. The number of carbonyl (C=O) groups excluding carboxylic acids is 1. The van der Waals surface area contributed by atoms with Crippen molar-refractivity contribution in [1.29, 1.82) is 0 Å². The first kappa shape index (κ1) is 15.6. The summed E-state index contributed by atoms with van der Waals surface area (Å²) in [6, 6.07) is 3.65. The third-order valence-electron chi connectivity index (χ3n) is 3.91. The van der Waals surface area contributed by atoms with Crippen LogP contribution in [0.1, 0.15) is 47.1 Å². The number of hydrogen-bond donors (Lipinski definition) is 1. The lowest BCUT2D eigenvalue weighted by Gasteiger charge is -2.18. The van der Waals surface area contributed by atoms with Gasteiger partial charge in [0.25, 0.3) is 5.91 Å². The van der Waals surface area contributed by atoms with Crippen molar-refractivity contribution >= 4 is 33.2 Å². The second-order valence-corrected chi connectivity index (χ2v) is 8.10. The summed E-state index contributed by atoms with van der Waals surface area (Å²) in [5.74, 6) is 0.900. The number of hydrogen-bond acceptors (Lipinski definition) is 6. The van der Waals surface area contributed by atoms with Crippen LogP contribution in [0.2, 0.25) is 0 Å². The molecule has 1 aliphatic rings. The topological polar surface area (TPSA) is 85.2 Å². The predicted molar refractivity (Wildman–Crippen MR) is 86.4 cm³/mol. The van der Waals surface area contributed by atoms with Crippen LogP contribution in [-0.4, -0.2) is 28.0 Å². The van der Waals surface area contributed by atoms with Crippen molar-refractivity contribution in [1.82, 2.24) is 15.0 Å². The molecule has 0 unspecified atom stereocenters. The van der Waals surface area contributed by atoms with E-state index in [0.29, 0.717) is 16.6 Å². The van der Waals surface area contributed by atoms with E-state index in [-0.39, 0.29) is 12.5 Å². The maximum absolute atomic E-state index is 12.3. The molecule has 2 heterocycles. The molecule has 1 amide bonds. The summed E-state index contributed by atoms with van der Waals surface area (Å²) in [5, 5.41) is 4.01. The Morgan fingerprint density at radius 2 is 2.23 bits per heavy atom. The zero-order chi connectivity index (χ0) is 15.7. The summed E-state index contributed by atoms with van der Waals surface area (Å²) < 4.78 is 6.19. The highest BCUT2D eigenvalue weighted by Crippen LogP contribution is 2.34. The van der Waals surface area contributed by atoms with Crippen molar-refractivity contribution < 1.29 is 9.32 Å². The third-order valence-corrected chi connectivity index (χ3v) is 5.52. The van der Waals surface area contributed by atoms with E-state index in [1.807, 2.05) is 6.07 Å². The molecule has 22 heavy (non-hydrogen) atoms. The lowest BCUT2D eigenvalue weighted by atomic mass is 9.99. The van der Waals surface area contributed by atoms with E-state index >= 15 is 0 Å². The first-order valence-corrected chi connectivity index (χ1v) is 8.72. The molecule has 1 aliphatic carbocycles. The molecule has 0 aliphatic heterocycles. The molecule has 0 spiro atoms. The summed E-state index contributed by atoms with van der Waals surface area (Å²) in [6.07, 6.45) is 3.94. The standard InChI is InChI=1S/C14H17BrN4O2S/c1-19(12(20)9-4-5-10(15)22-9)8-11-17-13(18-21-11)14(16)6-2-3-7-14/h4-5H,2-3,6-8,16H2,1H3. The first-order chi connectivity index (χ1) is 10.5. The molecule has 1 saturated carbocycles. The fourth-order valence-electron chi connectivity index (χ4n) is 2.64. The molecule has 0 saturated heterocycles. The van der Waals surface area contributed by atoms with E-state index in [4.69, 9.17) is 10.3 Å². The van der Waals surface area contributed by atoms with Crippen molar-refractivity contribution in [3.05, 3.63) is 32.5 Å². The van der Waals surface area contributed by atoms with Gasteiger partial charge in [-0.15, -0.1) is 11.3 Å². The number of carbonyl (C=O) groups is 1. The largest absolute Gasteiger partial charge is 0.337 e. The Kier molecular flexibility index (Phi) is 4.33. The SMILES string of the molecule is CN(Cc1nc(C2(N)CCCC2)no1)C(=O)c1ccc(Br)s1. The van der Waals surface area contributed by atoms with Gasteiger partial charge in [-0.1, -0.05) is 18.0 Å². The molecule has 2 aromatic rings. The number of amides is 1. The lowest BCUT2D eigenvalue weighted by Crippen LogP contribution is -2.34. The summed E-state index contributed by atoms with van der Waals surface area (Å²) in [5.41, 5.74) is 5.84. The number of aromatic nitrogens is 2. The molecule has 118 valence electrons. The van der Waals surface area contributed by atoms with Crippen LogP contribution in [0, 0.1) is 0 Å². The molecule has 0 bridgehead atoms. The molecule has 0 radical (unpaired) electrons. The maximum Gasteiger partial charge on any atom is 0.264 e. The fourth-order valence-corrected chi connectivity index (χ4v) is 4.02. The molecule has 8 heteroatoms. The zero-order valence-corrected chi connectivity index (χ0v) is 14.6. The second kappa shape index (κ2) is 6.10. The normalized spacial score (nSPS) is 16.9. The summed E-state index contributed by atoms with van der Waals surface area (Å²) in [4.78, 5) is 18.9. The number of nitrogens with two attached hydrogens (primary N) is 1. The quantitative estimate of drug-likeness (QED) is 0.875. The van der Waals surface area contributed by atoms with Gasteiger partial charge in [-0.05, 0) is 40.9 Å². The number of rotatable bonds is 4. The lowest BCUT2D eigenvalue weighted by molar-refractivity contribution is 0.0774. The molecule has 0 aromatic carbocycles. The Labute approximate surface area is 140 Å². The summed E-state index contributed by atoms with van der Waals surface area (Å²) >= 11 is 4.75. The zero-order valence-electron chi connectivity index (χ0n) is 12.2. The third kappa shape index (κ3) is 3.09. The number of halogens is 1. The van der Waals surface area contributed by atoms with Crippen molar-refractivity contribution in [3.8, 4) is 0 Å². The number of nitrogens with zero attached hydrogens (tertiary/aromatic N) is 3. The average molecular weight is 385 g/mol. The Morgan fingerprint density at radius 3 is 2.86 bits per heavy atom. The monoisotopic (exact) mass is 384 g/mol. The van der Waals surface area contributed by atoms with Gasteiger partial charge in [0.15, 0.2) is 5.82 Å². The van der Waals surface area contributed by atoms with Gasteiger partial charge in [-0.25, -0.2) is 0 Å². The van der Waals surface area contributed by atoms with Gasteiger partial charge in [0, 0.05) is 7.05 Å². The second-order valence-electron chi connectivity index (χ2n) is 5.64.